The highest BCUT2D eigenvalue weighted by Gasteiger charge is 2.34. The third-order valence-electron chi connectivity index (χ3n) is 5.16. The van der Waals surface area contributed by atoms with Crippen molar-refractivity contribution in [3.63, 3.8) is 0 Å². The Morgan fingerprint density at radius 1 is 1.19 bits per heavy atom. The van der Waals surface area contributed by atoms with Crippen molar-refractivity contribution in [2.45, 2.75) is 19.1 Å². The number of carbonyl (C=O) groups excluding carboxylic acids is 4. The van der Waals surface area contributed by atoms with Gasteiger partial charge in [-0.2, -0.15) is 0 Å². The monoisotopic (exact) mass is 462 g/mol. The minimum atomic E-state index is -3.27. The minimum Gasteiger partial charge on any atom is -0.462 e. The van der Waals surface area contributed by atoms with E-state index in [0.717, 1.165) is 16.2 Å². The van der Waals surface area contributed by atoms with Crippen molar-refractivity contribution < 1.29 is 32.3 Å². The van der Waals surface area contributed by atoms with Crippen LogP contribution in [0.25, 0.3) is 0 Å². The number of fused-ring (bicyclic) bond motifs is 2. The number of nitrogens with one attached hydrogen (secondary N) is 1. The van der Waals surface area contributed by atoms with E-state index < -0.39 is 33.5 Å². The predicted octanol–water partition coefficient (Wildman–Crippen LogP) is 1.87. The number of anilines is 1. The molecule has 0 fully saturated rings. The molecule has 0 aliphatic carbocycles. The summed E-state index contributed by atoms with van der Waals surface area (Å²) in [6, 6.07) is 4.16. The van der Waals surface area contributed by atoms with Crippen LogP contribution in [-0.4, -0.2) is 56.4 Å². The van der Waals surface area contributed by atoms with E-state index in [1.54, 1.807) is 6.92 Å². The van der Waals surface area contributed by atoms with Crippen LogP contribution < -0.4 is 5.32 Å². The van der Waals surface area contributed by atoms with Gasteiger partial charge >= 0.3 is 5.97 Å². The van der Waals surface area contributed by atoms with Gasteiger partial charge in [-0.25, -0.2) is 13.2 Å². The topological polar surface area (TPSA) is 127 Å². The third-order valence-corrected chi connectivity index (χ3v) is 8.05. The van der Waals surface area contributed by atoms with Gasteiger partial charge in [0, 0.05) is 17.5 Å². The zero-order chi connectivity index (χ0) is 22.5. The number of nitrogens with zero attached hydrogens (tertiary/aromatic N) is 1. The van der Waals surface area contributed by atoms with E-state index in [0.29, 0.717) is 10.4 Å². The number of amides is 3. The fourth-order valence-corrected chi connectivity index (χ4v) is 6.64. The van der Waals surface area contributed by atoms with Crippen LogP contribution >= 0.6 is 11.3 Å². The number of ether oxygens (including phenoxy) is 1. The average molecular weight is 463 g/mol. The maximum Gasteiger partial charge on any atom is 0.341 e. The first kappa shape index (κ1) is 21.2. The number of benzene rings is 1. The van der Waals surface area contributed by atoms with Crippen molar-refractivity contribution in [1.82, 2.24) is 4.90 Å². The minimum absolute atomic E-state index is 0.0784. The molecule has 0 bridgehead atoms. The fourth-order valence-electron chi connectivity index (χ4n) is 3.61. The molecule has 1 aromatic carbocycles. The summed E-state index contributed by atoms with van der Waals surface area (Å²) >= 11 is 1.03. The summed E-state index contributed by atoms with van der Waals surface area (Å²) in [4.78, 5) is 51.1. The van der Waals surface area contributed by atoms with Gasteiger partial charge in [-0.15, -0.1) is 11.3 Å². The van der Waals surface area contributed by atoms with Crippen molar-refractivity contribution in [2.75, 3.05) is 24.7 Å². The molecule has 0 saturated heterocycles. The Bertz CT molecular complexity index is 1260. The van der Waals surface area contributed by atoms with Crippen LogP contribution in [0.3, 0.4) is 0 Å². The Balaban J connectivity index is 1.69. The molecule has 0 spiro atoms. The lowest BCUT2D eigenvalue weighted by molar-refractivity contribution is 0.0526. The second-order valence-corrected chi connectivity index (χ2v) is 10.4. The molecule has 1 aromatic heterocycles. The molecule has 31 heavy (non-hydrogen) atoms. The summed E-state index contributed by atoms with van der Waals surface area (Å²) in [6.07, 6.45) is 0.167. The number of sulfone groups is 1. The highest BCUT2D eigenvalue weighted by Crippen LogP contribution is 2.38. The van der Waals surface area contributed by atoms with Gasteiger partial charge in [0.1, 0.15) is 5.00 Å². The molecule has 3 amide bonds. The molecule has 1 N–H and O–H groups in total. The second kappa shape index (κ2) is 7.57. The van der Waals surface area contributed by atoms with Crippen molar-refractivity contribution in [3.05, 3.63) is 50.9 Å². The Morgan fingerprint density at radius 2 is 1.90 bits per heavy atom. The van der Waals surface area contributed by atoms with Gasteiger partial charge in [-0.05, 0) is 37.1 Å². The Kier molecular flexibility index (Phi) is 5.18. The lowest BCUT2D eigenvalue weighted by Gasteiger charge is -2.13. The molecule has 2 aliphatic heterocycles. The molecular weight excluding hydrogens is 444 g/mol. The van der Waals surface area contributed by atoms with Gasteiger partial charge in [-0.3, -0.25) is 19.3 Å². The van der Waals surface area contributed by atoms with E-state index in [-0.39, 0.29) is 51.8 Å². The highest BCUT2D eigenvalue weighted by molar-refractivity contribution is 7.90. The summed E-state index contributed by atoms with van der Waals surface area (Å²) in [5.41, 5.74) is 1.21. The lowest BCUT2D eigenvalue weighted by atomic mass is 10.0. The Morgan fingerprint density at radius 3 is 2.61 bits per heavy atom. The molecule has 0 atom stereocenters. The molecule has 4 rings (SSSR count). The molecular formula is C20H18N2O7S2. The number of imide groups is 1. The first-order valence-corrected chi connectivity index (χ1v) is 12.1. The number of rotatable bonds is 4. The third kappa shape index (κ3) is 3.63. The van der Waals surface area contributed by atoms with E-state index in [1.165, 1.54) is 25.2 Å². The molecule has 3 heterocycles. The Hall–Kier alpha value is -3.05. The average Bonchev–Trinajstić information content (AvgIpc) is 3.16. The zero-order valence-corrected chi connectivity index (χ0v) is 18.3. The number of carbonyl (C=O) groups is 4. The number of thiophene rings is 1. The summed E-state index contributed by atoms with van der Waals surface area (Å²) < 4.78 is 29.1. The first-order chi connectivity index (χ1) is 14.6. The SMILES string of the molecule is CCOC(=O)c1c(NC(=O)c2ccc3c(c2)C(=O)N(C)C3=O)sc2c1CCS(=O)(=O)C2. The zero-order valence-electron chi connectivity index (χ0n) is 16.7. The van der Waals surface area contributed by atoms with Crippen LogP contribution in [0.1, 0.15) is 58.8 Å². The molecule has 9 nitrogen and oxygen atoms in total. The molecule has 162 valence electrons. The summed E-state index contributed by atoms with van der Waals surface area (Å²) in [5, 5.41) is 2.85. The number of hydrogen-bond donors (Lipinski definition) is 1. The van der Waals surface area contributed by atoms with Gasteiger partial charge in [-0.1, -0.05) is 0 Å². The smallest absolute Gasteiger partial charge is 0.341 e. The second-order valence-electron chi connectivity index (χ2n) is 7.15. The van der Waals surface area contributed by atoms with E-state index in [9.17, 15) is 27.6 Å². The maximum atomic E-state index is 12.9. The predicted molar refractivity (Wildman–Crippen MR) is 112 cm³/mol. The lowest BCUT2D eigenvalue weighted by Crippen LogP contribution is -2.24. The van der Waals surface area contributed by atoms with Gasteiger partial charge in [0.15, 0.2) is 9.84 Å². The molecule has 11 heteroatoms. The largest absolute Gasteiger partial charge is 0.462 e. The van der Waals surface area contributed by atoms with Crippen molar-refractivity contribution in [2.24, 2.45) is 0 Å². The van der Waals surface area contributed by atoms with Crippen molar-refractivity contribution in [3.8, 4) is 0 Å². The van der Waals surface area contributed by atoms with Crippen LogP contribution in [0.2, 0.25) is 0 Å². The standard InChI is InChI=1S/C20H18N2O7S2/c1-3-29-20(26)15-12-6-7-31(27,28)9-14(12)30-17(15)21-16(23)10-4-5-11-13(8-10)19(25)22(2)18(11)24/h4-5,8H,3,6-7,9H2,1-2H3,(H,21,23). The summed E-state index contributed by atoms with van der Waals surface area (Å²) in [7, 11) is -1.91. The van der Waals surface area contributed by atoms with E-state index in [4.69, 9.17) is 4.74 Å². The maximum absolute atomic E-state index is 12.9. The van der Waals surface area contributed by atoms with Crippen LogP contribution in [0.5, 0.6) is 0 Å². The van der Waals surface area contributed by atoms with Crippen LogP contribution in [0.4, 0.5) is 5.00 Å². The molecule has 2 aliphatic rings. The van der Waals surface area contributed by atoms with Gasteiger partial charge < -0.3 is 10.1 Å². The molecule has 2 aromatic rings. The van der Waals surface area contributed by atoms with Gasteiger partial charge in [0.2, 0.25) is 0 Å². The van der Waals surface area contributed by atoms with E-state index in [2.05, 4.69) is 5.32 Å². The molecule has 0 unspecified atom stereocenters. The molecule has 0 radical (unpaired) electrons. The van der Waals surface area contributed by atoms with Crippen LogP contribution in [0.15, 0.2) is 18.2 Å². The highest BCUT2D eigenvalue weighted by atomic mass is 32.2. The molecule has 0 saturated carbocycles. The van der Waals surface area contributed by atoms with Crippen LogP contribution in [0, 0.1) is 0 Å². The Labute approximate surface area is 181 Å². The van der Waals surface area contributed by atoms with Gasteiger partial charge in [0.25, 0.3) is 17.7 Å². The van der Waals surface area contributed by atoms with Crippen LogP contribution in [-0.2, 0) is 26.7 Å². The normalized spacial score (nSPS) is 16.6. The first-order valence-electron chi connectivity index (χ1n) is 9.42. The quantitative estimate of drug-likeness (QED) is 0.543. The van der Waals surface area contributed by atoms with Crippen molar-refractivity contribution in [1.29, 1.82) is 0 Å². The van der Waals surface area contributed by atoms with E-state index >= 15 is 0 Å². The van der Waals surface area contributed by atoms with E-state index in [1.807, 2.05) is 0 Å². The number of hydrogen-bond acceptors (Lipinski definition) is 8. The number of esters is 1. The summed E-state index contributed by atoms with van der Waals surface area (Å²) in [5.74, 6) is -2.44. The van der Waals surface area contributed by atoms with Gasteiger partial charge in [0.05, 0.1) is 34.8 Å². The van der Waals surface area contributed by atoms with Crippen molar-refractivity contribution >= 4 is 49.9 Å². The summed E-state index contributed by atoms with van der Waals surface area (Å²) in [6.45, 7) is 1.78. The fraction of sp³-hybridized carbons (Fsp3) is 0.300.